The van der Waals surface area contributed by atoms with Gasteiger partial charge in [0.1, 0.15) is 5.82 Å². The van der Waals surface area contributed by atoms with Crippen LogP contribution in [0.5, 0.6) is 0 Å². The molecule has 4 nitrogen and oxygen atoms in total. The van der Waals surface area contributed by atoms with E-state index in [-0.39, 0.29) is 17.1 Å². The summed E-state index contributed by atoms with van der Waals surface area (Å²) in [4.78, 5) is 17.3. The maximum Gasteiger partial charge on any atom is 0.254 e. The van der Waals surface area contributed by atoms with Crippen molar-refractivity contribution in [3.63, 3.8) is 0 Å². The molecular formula is C19H27FN2O2. The van der Waals surface area contributed by atoms with E-state index in [4.69, 9.17) is 4.74 Å². The number of halogens is 1. The molecule has 2 aliphatic rings. The van der Waals surface area contributed by atoms with E-state index in [0.29, 0.717) is 17.0 Å². The van der Waals surface area contributed by atoms with Crippen LogP contribution in [-0.2, 0) is 4.74 Å². The smallest absolute Gasteiger partial charge is 0.254 e. The third kappa shape index (κ3) is 3.07. The minimum atomic E-state index is -0.295. The molecular weight excluding hydrogens is 307 g/mol. The van der Waals surface area contributed by atoms with Crippen LogP contribution >= 0.6 is 0 Å². The number of hydrogen-bond donors (Lipinski definition) is 0. The van der Waals surface area contributed by atoms with E-state index >= 15 is 0 Å². The molecule has 1 spiro atoms. The van der Waals surface area contributed by atoms with E-state index in [1.165, 1.54) is 12.1 Å². The van der Waals surface area contributed by atoms with Crippen LogP contribution in [0.25, 0.3) is 0 Å². The SMILES string of the molecule is CCN1C[C@H](COC)[C@]2(CCN(C(=O)c3ccc(F)cc3C)C2)C1. The maximum absolute atomic E-state index is 13.3. The van der Waals surface area contributed by atoms with Crippen molar-refractivity contribution in [1.29, 1.82) is 0 Å². The molecule has 2 heterocycles. The number of methoxy groups -OCH3 is 1. The van der Waals surface area contributed by atoms with E-state index in [0.717, 1.165) is 45.8 Å². The van der Waals surface area contributed by atoms with Crippen molar-refractivity contribution in [2.75, 3.05) is 46.4 Å². The standard InChI is InChI=1S/C19H27FN2O2/c1-4-21-10-15(11-24-3)19(12-21)7-8-22(13-19)18(23)17-6-5-16(20)9-14(17)2/h5-6,9,15H,4,7-8,10-13H2,1-3H3/t15-,19-/m1/s1. The van der Waals surface area contributed by atoms with E-state index in [2.05, 4.69) is 11.8 Å². The van der Waals surface area contributed by atoms with Gasteiger partial charge >= 0.3 is 0 Å². The molecule has 0 N–H and O–H groups in total. The van der Waals surface area contributed by atoms with Crippen LogP contribution in [0.3, 0.4) is 0 Å². The number of carbonyl (C=O) groups excluding carboxylic acids is 1. The van der Waals surface area contributed by atoms with Crippen LogP contribution in [0.1, 0.15) is 29.3 Å². The van der Waals surface area contributed by atoms with Crippen molar-refractivity contribution in [2.24, 2.45) is 11.3 Å². The first kappa shape index (κ1) is 17.4. The first-order valence-electron chi connectivity index (χ1n) is 8.76. The molecule has 2 saturated heterocycles. The predicted molar refractivity (Wildman–Crippen MR) is 91.6 cm³/mol. The second kappa shape index (κ2) is 6.81. The molecule has 1 aromatic carbocycles. The maximum atomic E-state index is 13.3. The normalized spacial score (nSPS) is 27.3. The van der Waals surface area contributed by atoms with Crippen LogP contribution in [-0.4, -0.2) is 62.1 Å². The molecule has 0 unspecified atom stereocenters. The molecule has 1 amide bonds. The Bertz CT molecular complexity index is 621. The molecule has 0 bridgehead atoms. The summed E-state index contributed by atoms with van der Waals surface area (Å²) in [5.41, 5.74) is 1.45. The molecule has 1 aromatic rings. The van der Waals surface area contributed by atoms with E-state index in [9.17, 15) is 9.18 Å². The lowest BCUT2D eigenvalue weighted by Crippen LogP contribution is -2.38. The zero-order valence-electron chi connectivity index (χ0n) is 14.8. The molecule has 0 radical (unpaired) electrons. The molecule has 0 aliphatic carbocycles. The number of ether oxygens (including phenoxy) is 1. The van der Waals surface area contributed by atoms with E-state index in [1.807, 2.05) is 4.90 Å². The number of hydrogen-bond acceptors (Lipinski definition) is 3. The first-order valence-corrected chi connectivity index (χ1v) is 8.76. The van der Waals surface area contributed by atoms with Crippen molar-refractivity contribution in [1.82, 2.24) is 9.80 Å². The van der Waals surface area contributed by atoms with Crippen molar-refractivity contribution in [3.8, 4) is 0 Å². The van der Waals surface area contributed by atoms with Crippen LogP contribution < -0.4 is 0 Å². The second-order valence-corrected chi connectivity index (χ2v) is 7.28. The Labute approximate surface area is 143 Å². The molecule has 24 heavy (non-hydrogen) atoms. The van der Waals surface area contributed by atoms with Crippen molar-refractivity contribution >= 4 is 5.91 Å². The van der Waals surface area contributed by atoms with Gasteiger partial charge in [-0.15, -0.1) is 0 Å². The van der Waals surface area contributed by atoms with E-state index in [1.54, 1.807) is 20.1 Å². The van der Waals surface area contributed by atoms with Gasteiger partial charge in [0, 0.05) is 50.2 Å². The highest BCUT2D eigenvalue weighted by atomic mass is 19.1. The minimum Gasteiger partial charge on any atom is -0.384 e. The first-order chi connectivity index (χ1) is 11.5. The fourth-order valence-electron chi connectivity index (χ4n) is 4.38. The van der Waals surface area contributed by atoms with Gasteiger partial charge in [-0.2, -0.15) is 0 Å². The summed E-state index contributed by atoms with van der Waals surface area (Å²) in [6, 6.07) is 4.41. The van der Waals surface area contributed by atoms with Gasteiger partial charge in [-0.25, -0.2) is 4.39 Å². The Balaban J connectivity index is 1.77. The summed E-state index contributed by atoms with van der Waals surface area (Å²) in [6.45, 7) is 9.38. The molecule has 2 aliphatic heterocycles. The van der Waals surface area contributed by atoms with Gasteiger partial charge in [0.15, 0.2) is 0 Å². The molecule has 3 rings (SSSR count). The van der Waals surface area contributed by atoms with Gasteiger partial charge in [-0.3, -0.25) is 4.79 Å². The molecule has 0 aromatic heterocycles. The average molecular weight is 334 g/mol. The molecule has 0 saturated carbocycles. The van der Waals surface area contributed by atoms with Gasteiger partial charge in [-0.05, 0) is 43.7 Å². The highest BCUT2D eigenvalue weighted by Crippen LogP contribution is 2.44. The number of amides is 1. The Morgan fingerprint density at radius 3 is 2.88 bits per heavy atom. The van der Waals surface area contributed by atoms with Crippen LogP contribution in [0, 0.1) is 24.1 Å². The lowest BCUT2D eigenvalue weighted by molar-refractivity contribution is 0.0715. The van der Waals surface area contributed by atoms with E-state index < -0.39 is 0 Å². The molecule has 132 valence electrons. The summed E-state index contributed by atoms with van der Waals surface area (Å²) >= 11 is 0. The highest BCUT2D eigenvalue weighted by molar-refractivity contribution is 5.95. The number of benzene rings is 1. The number of likely N-dealkylation sites (tertiary alicyclic amines) is 2. The van der Waals surface area contributed by atoms with Gasteiger partial charge in [0.2, 0.25) is 0 Å². The minimum absolute atomic E-state index is 0.0236. The quantitative estimate of drug-likeness (QED) is 0.848. The Morgan fingerprint density at radius 1 is 1.42 bits per heavy atom. The van der Waals surface area contributed by atoms with Crippen LogP contribution in [0.4, 0.5) is 4.39 Å². The number of rotatable bonds is 4. The fraction of sp³-hybridized carbons (Fsp3) is 0.632. The highest BCUT2D eigenvalue weighted by Gasteiger charge is 2.50. The summed E-state index contributed by atoms with van der Waals surface area (Å²) in [5.74, 6) is 0.196. The van der Waals surface area contributed by atoms with Gasteiger partial charge in [-0.1, -0.05) is 6.92 Å². The second-order valence-electron chi connectivity index (χ2n) is 7.28. The molecule has 2 fully saturated rings. The zero-order valence-corrected chi connectivity index (χ0v) is 14.8. The van der Waals surface area contributed by atoms with Crippen LogP contribution in [0.2, 0.25) is 0 Å². The Kier molecular flexibility index (Phi) is 4.92. The van der Waals surface area contributed by atoms with Crippen molar-refractivity contribution < 1.29 is 13.9 Å². The zero-order chi connectivity index (χ0) is 17.3. The number of aryl methyl sites for hydroxylation is 1. The third-order valence-electron chi connectivity index (χ3n) is 5.79. The van der Waals surface area contributed by atoms with Crippen LogP contribution in [0.15, 0.2) is 18.2 Å². The Morgan fingerprint density at radius 2 is 2.21 bits per heavy atom. The average Bonchev–Trinajstić information content (AvgIpc) is 3.13. The topological polar surface area (TPSA) is 32.8 Å². The van der Waals surface area contributed by atoms with Crippen molar-refractivity contribution in [2.45, 2.75) is 20.3 Å². The lowest BCUT2D eigenvalue weighted by atomic mass is 9.77. The van der Waals surface area contributed by atoms with Gasteiger partial charge in [0.05, 0.1) is 6.61 Å². The summed E-state index contributed by atoms with van der Waals surface area (Å²) in [6.07, 6.45) is 1.02. The molecule has 2 atom stereocenters. The largest absolute Gasteiger partial charge is 0.384 e. The number of nitrogens with zero attached hydrogens (tertiary/aromatic N) is 2. The third-order valence-corrected chi connectivity index (χ3v) is 5.79. The van der Waals surface area contributed by atoms with Crippen molar-refractivity contribution in [3.05, 3.63) is 35.1 Å². The fourth-order valence-corrected chi connectivity index (χ4v) is 4.38. The Hall–Kier alpha value is -1.46. The van der Waals surface area contributed by atoms with Gasteiger partial charge in [0.25, 0.3) is 5.91 Å². The lowest BCUT2D eigenvalue weighted by Gasteiger charge is -2.30. The monoisotopic (exact) mass is 334 g/mol. The summed E-state index contributed by atoms with van der Waals surface area (Å²) < 4.78 is 18.7. The molecule has 5 heteroatoms. The van der Waals surface area contributed by atoms with Gasteiger partial charge < -0.3 is 14.5 Å². The summed E-state index contributed by atoms with van der Waals surface area (Å²) in [5, 5.41) is 0. The summed E-state index contributed by atoms with van der Waals surface area (Å²) in [7, 11) is 1.75. The number of carbonyl (C=O) groups is 1. The predicted octanol–water partition coefficient (Wildman–Crippen LogP) is 2.56.